The summed E-state index contributed by atoms with van der Waals surface area (Å²) in [5, 5.41) is 3.34. The zero-order chi connectivity index (χ0) is 17.4. The Labute approximate surface area is 146 Å². The Bertz CT molecular complexity index is 664. The third-order valence-corrected chi connectivity index (χ3v) is 3.54. The number of nitrogens with zero attached hydrogens (tertiary/aromatic N) is 1. The molecule has 0 spiro atoms. The fourth-order valence-electron chi connectivity index (χ4n) is 2.15. The van der Waals surface area contributed by atoms with Crippen LogP contribution in [0.5, 0.6) is 5.75 Å². The average Bonchev–Trinajstić information content (AvgIpc) is 2.53. The monoisotopic (exact) mass is 350 g/mol. The van der Waals surface area contributed by atoms with Crippen molar-refractivity contribution >= 4 is 23.2 Å². The predicted octanol–water partition coefficient (Wildman–Crippen LogP) is 3.82. The van der Waals surface area contributed by atoms with E-state index in [0.29, 0.717) is 23.9 Å². The summed E-state index contributed by atoms with van der Waals surface area (Å²) >= 11 is 5.81. The van der Waals surface area contributed by atoms with E-state index in [1.54, 1.807) is 24.3 Å². The molecule has 24 heavy (non-hydrogen) atoms. The number of likely N-dealkylation sites (N-methyl/N-ethyl adjacent to an activating group) is 1. The number of rotatable bonds is 8. The van der Waals surface area contributed by atoms with Gasteiger partial charge < -0.3 is 10.1 Å². The molecule has 0 radical (unpaired) electrons. The molecule has 0 aliphatic carbocycles. The van der Waals surface area contributed by atoms with Crippen LogP contribution in [-0.4, -0.2) is 37.6 Å². The summed E-state index contributed by atoms with van der Waals surface area (Å²) in [4.78, 5) is 13.8. The fraction of sp³-hybridized carbons (Fsp3) is 0.278. The SMILES string of the molecule is CN(CCCOc1ccc(Cl)cc1)CC(=O)Nc1cccc(F)c1. The second-order valence-electron chi connectivity index (χ2n) is 5.45. The number of halogens is 2. The van der Waals surface area contributed by atoms with Crippen molar-refractivity contribution in [2.75, 3.05) is 32.1 Å². The highest BCUT2D eigenvalue weighted by molar-refractivity contribution is 6.30. The zero-order valence-electron chi connectivity index (χ0n) is 13.5. The molecule has 0 saturated heterocycles. The Morgan fingerprint density at radius 1 is 1.25 bits per heavy atom. The van der Waals surface area contributed by atoms with Gasteiger partial charge in [-0.1, -0.05) is 17.7 Å². The Hall–Kier alpha value is -2.11. The number of carbonyl (C=O) groups is 1. The maximum absolute atomic E-state index is 13.1. The summed E-state index contributed by atoms with van der Waals surface area (Å²) in [6.07, 6.45) is 0.784. The molecule has 6 heteroatoms. The molecule has 0 aliphatic rings. The zero-order valence-corrected chi connectivity index (χ0v) is 14.2. The van der Waals surface area contributed by atoms with Gasteiger partial charge in [0.05, 0.1) is 13.2 Å². The first kappa shape index (κ1) is 18.2. The smallest absolute Gasteiger partial charge is 0.238 e. The average molecular weight is 351 g/mol. The van der Waals surface area contributed by atoms with Gasteiger partial charge >= 0.3 is 0 Å². The van der Waals surface area contributed by atoms with Crippen molar-refractivity contribution in [3.05, 3.63) is 59.4 Å². The number of ether oxygens (including phenoxy) is 1. The number of anilines is 1. The minimum Gasteiger partial charge on any atom is -0.494 e. The van der Waals surface area contributed by atoms with Crippen LogP contribution < -0.4 is 10.1 Å². The lowest BCUT2D eigenvalue weighted by Crippen LogP contribution is -2.31. The van der Waals surface area contributed by atoms with Gasteiger partial charge in [0.2, 0.25) is 5.91 Å². The third-order valence-electron chi connectivity index (χ3n) is 3.29. The van der Waals surface area contributed by atoms with Crippen LogP contribution in [0.3, 0.4) is 0 Å². The molecule has 128 valence electrons. The maximum Gasteiger partial charge on any atom is 0.238 e. The second kappa shape index (κ2) is 9.25. The molecule has 0 saturated carbocycles. The van der Waals surface area contributed by atoms with Crippen molar-refractivity contribution in [3.63, 3.8) is 0 Å². The number of hydrogen-bond donors (Lipinski definition) is 1. The standard InChI is InChI=1S/C18H20ClFN2O2/c1-22(10-3-11-24-17-8-6-14(19)7-9-17)13-18(23)21-16-5-2-4-15(20)12-16/h2,4-9,12H,3,10-11,13H2,1H3,(H,21,23). The molecule has 4 nitrogen and oxygen atoms in total. The Balaban J connectivity index is 1.64. The maximum atomic E-state index is 13.1. The summed E-state index contributed by atoms with van der Waals surface area (Å²) in [6, 6.07) is 13.0. The molecule has 2 aromatic rings. The largest absolute Gasteiger partial charge is 0.494 e. The van der Waals surface area contributed by atoms with Crippen molar-refractivity contribution < 1.29 is 13.9 Å². The van der Waals surface area contributed by atoms with Gasteiger partial charge in [-0.3, -0.25) is 9.69 Å². The number of benzene rings is 2. The molecule has 0 aliphatic heterocycles. The predicted molar refractivity (Wildman–Crippen MR) is 94.1 cm³/mol. The molecule has 1 N–H and O–H groups in total. The minimum absolute atomic E-state index is 0.179. The fourth-order valence-corrected chi connectivity index (χ4v) is 2.27. The van der Waals surface area contributed by atoms with Gasteiger partial charge in [0.15, 0.2) is 0 Å². The van der Waals surface area contributed by atoms with Gasteiger partial charge in [0.25, 0.3) is 0 Å². The van der Waals surface area contributed by atoms with Crippen LogP contribution in [0.15, 0.2) is 48.5 Å². The number of hydrogen-bond acceptors (Lipinski definition) is 3. The Morgan fingerprint density at radius 3 is 2.71 bits per heavy atom. The third kappa shape index (κ3) is 6.56. The molecule has 2 aromatic carbocycles. The molecule has 0 heterocycles. The molecule has 0 fully saturated rings. The highest BCUT2D eigenvalue weighted by Crippen LogP contribution is 2.15. The van der Waals surface area contributed by atoms with E-state index < -0.39 is 0 Å². The summed E-state index contributed by atoms with van der Waals surface area (Å²) in [6.45, 7) is 1.50. The normalized spacial score (nSPS) is 10.7. The van der Waals surface area contributed by atoms with Crippen LogP contribution in [0.4, 0.5) is 10.1 Å². The Morgan fingerprint density at radius 2 is 2.00 bits per heavy atom. The van der Waals surface area contributed by atoms with Gasteiger partial charge in [-0.2, -0.15) is 0 Å². The summed E-state index contributed by atoms with van der Waals surface area (Å²) in [5.41, 5.74) is 0.458. The van der Waals surface area contributed by atoms with Crippen molar-refractivity contribution in [2.45, 2.75) is 6.42 Å². The first-order valence-electron chi connectivity index (χ1n) is 7.65. The van der Waals surface area contributed by atoms with Crippen LogP contribution in [0.1, 0.15) is 6.42 Å². The van der Waals surface area contributed by atoms with E-state index in [4.69, 9.17) is 16.3 Å². The first-order valence-corrected chi connectivity index (χ1v) is 8.03. The molecule has 0 unspecified atom stereocenters. The van der Waals surface area contributed by atoms with E-state index in [-0.39, 0.29) is 18.3 Å². The second-order valence-corrected chi connectivity index (χ2v) is 5.89. The molecular weight excluding hydrogens is 331 g/mol. The minimum atomic E-state index is -0.375. The van der Waals surface area contributed by atoms with Crippen molar-refractivity contribution in [3.8, 4) is 5.75 Å². The molecule has 1 amide bonds. The molecule has 0 atom stereocenters. The molecule has 2 rings (SSSR count). The lowest BCUT2D eigenvalue weighted by atomic mass is 10.3. The van der Waals surface area contributed by atoms with Crippen LogP contribution in [0.25, 0.3) is 0 Å². The highest BCUT2D eigenvalue weighted by atomic mass is 35.5. The van der Waals surface area contributed by atoms with E-state index in [1.807, 2.05) is 24.1 Å². The van der Waals surface area contributed by atoms with E-state index in [0.717, 1.165) is 12.2 Å². The van der Waals surface area contributed by atoms with E-state index >= 15 is 0 Å². The Kier molecular flexibility index (Phi) is 7.03. The topological polar surface area (TPSA) is 41.6 Å². The van der Waals surface area contributed by atoms with Crippen LogP contribution in [0, 0.1) is 5.82 Å². The number of amides is 1. The number of nitrogens with one attached hydrogen (secondary N) is 1. The van der Waals surface area contributed by atoms with Gasteiger partial charge in [-0.25, -0.2) is 4.39 Å². The molecular formula is C18H20ClFN2O2. The van der Waals surface area contributed by atoms with Gasteiger partial charge in [-0.15, -0.1) is 0 Å². The summed E-state index contributed by atoms with van der Waals surface area (Å²) in [7, 11) is 1.85. The lowest BCUT2D eigenvalue weighted by Gasteiger charge is -2.16. The molecule has 0 bridgehead atoms. The van der Waals surface area contributed by atoms with E-state index in [9.17, 15) is 9.18 Å². The quantitative estimate of drug-likeness (QED) is 0.736. The van der Waals surface area contributed by atoms with Gasteiger partial charge in [0.1, 0.15) is 11.6 Å². The highest BCUT2D eigenvalue weighted by Gasteiger charge is 2.07. The van der Waals surface area contributed by atoms with Crippen LogP contribution >= 0.6 is 11.6 Å². The molecule has 0 aromatic heterocycles. The van der Waals surface area contributed by atoms with Crippen molar-refractivity contribution in [2.24, 2.45) is 0 Å². The van der Waals surface area contributed by atoms with E-state index in [2.05, 4.69) is 5.32 Å². The van der Waals surface area contributed by atoms with Crippen LogP contribution in [0.2, 0.25) is 5.02 Å². The van der Waals surface area contributed by atoms with Gasteiger partial charge in [-0.05, 0) is 55.9 Å². The lowest BCUT2D eigenvalue weighted by molar-refractivity contribution is -0.117. The van der Waals surface area contributed by atoms with Crippen LogP contribution in [-0.2, 0) is 4.79 Å². The van der Waals surface area contributed by atoms with E-state index in [1.165, 1.54) is 12.1 Å². The van der Waals surface area contributed by atoms with Gasteiger partial charge in [0, 0.05) is 17.3 Å². The number of carbonyl (C=O) groups excluding carboxylic acids is 1. The van der Waals surface area contributed by atoms with Crippen molar-refractivity contribution in [1.29, 1.82) is 0 Å². The summed E-state index contributed by atoms with van der Waals surface area (Å²) in [5.74, 6) is 0.216. The first-order chi connectivity index (χ1) is 11.5. The van der Waals surface area contributed by atoms with Crippen molar-refractivity contribution in [1.82, 2.24) is 4.90 Å². The summed E-state index contributed by atoms with van der Waals surface area (Å²) < 4.78 is 18.7.